The van der Waals surface area contributed by atoms with Gasteiger partial charge in [-0.3, -0.25) is 0 Å². The second kappa shape index (κ2) is 6.76. The minimum absolute atomic E-state index is 0.137. The Bertz CT molecular complexity index is 621. The quantitative estimate of drug-likeness (QED) is 0.484. The second-order valence-electron chi connectivity index (χ2n) is 4.81. The summed E-state index contributed by atoms with van der Waals surface area (Å²) in [4.78, 5) is 0. The van der Waals surface area contributed by atoms with Crippen molar-refractivity contribution in [3.05, 3.63) is 46.5 Å². The first-order valence-corrected chi connectivity index (χ1v) is 6.70. The van der Waals surface area contributed by atoms with Crippen LogP contribution < -0.4 is 0 Å². The number of hydrogen-bond acceptors (Lipinski definition) is 6. The largest absolute Gasteiger partial charge is 0.508 e. The molecule has 0 saturated carbocycles. The van der Waals surface area contributed by atoms with Crippen molar-refractivity contribution in [1.29, 1.82) is 0 Å². The van der Waals surface area contributed by atoms with Gasteiger partial charge in [-0.05, 0) is 34.4 Å². The number of phenols is 2. The van der Waals surface area contributed by atoms with Gasteiger partial charge in [0.05, 0.1) is 26.4 Å². The fourth-order valence-corrected chi connectivity index (χ4v) is 2.58. The molecular weight excluding hydrogens is 288 g/mol. The van der Waals surface area contributed by atoms with Crippen molar-refractivity contribution in [2.24, 2.45) is 0 Å². The zero-order valence-corrected chi connectivity index (χ0v) is 11.8. The van der Waals surface area contributed by atoms with Crippen molar-refractivity contribution in [1.82, 2.24) is 0 Å². The third-order valence-corrected chi connectivity index (χ3v) is 3.74. The Labute approximate surface area is 127 Å². The topological polar surface area (TPSA) is 121 Å². The first-order valence-electron chi connectivity index (χ1n) is 6.70. The predicted octanol–water partition coefficient (Wildman–Crippen LogP) is 0.734. The second-order valence-corrected chi connectivity index (χ2v) is 4.81. The highest BCUT2D eigenvalue weighted by Crippen LogP contribution is 2.37. The average molecular weight is 306 g/mol. The van der Waals surface area contributed by atoms with Crippen molar-refractivity contribution in [2.75, 3.05) is 0 Å². The van der Waals surface area contributed by atoms with Crippen LogP contribution in [0.25, 0.3) is 11.1 Å². The molecule has 0 saturated heterocycles. The third kappa shape index (κ3) is 2.65. The minimum Gasteiger partial charge on any atom is -0.508 e. The van der Waals surface area contributed by atoms with Crippen LogP contribution in [0.4, 0.5) is 0 Å². The Hall–Kier alpha value is -2.12. The van der Waals surface area contributed by atoms with Gasteiger partial charge in [-0.25, -0.2) is 0 Å². The molecule has 22 heavy (non-hydrogen) atoms. The molecule has 6 N–H and O–H groups in total. The Kier molecular flexibility index (Phi) is 4.99. The van der Waals surface area contributed by atoms with Gasteiger partial charge in [0, 0.05) is 11.1 Å². The number of aromatic hydroxyl groups is 2. The van der Waals surface area contributed by atoms with Gasteiger partial charge in [0.1, 0.15) is 11.5 Å². The van der Waals surface area contributed by atoms with E-state index in [1.54, 1.807) is 12.1 Å². The zero-order valence-electron chi connectivity index (χ0n) is 11.8. The summed E-state index contributed by atoms with van der Waals surface area (Å²) in [7, 11) is 0. The van der Waals surface area contributed by atoms with Gasteiger partial charge in [-0.2, -0.15) is 0 Å². The maximum Gasteiger partial charge on any atom is 0.121 e. The van der Waals surface area contributed by atoms with Gasteiger partial charge in [0.15, 0.2) is 0 Å². The van der Waals surface area contributed by atoms with Gasteiger partial charge in [0.25, 0.3) is 0 Å². The number of aliphatic hydroxyl groups excluding tert-OH is 4. The van der Waals surface area contributed by atoms with Crippen LogP contribution in [-0.2, 0) is 26.4 Å². The summed E-state index contributed by atoms with van der Waals surface area (Å²) < 4.78 is 0. The summed E-state index contributed by atoms with van der Waals surface area (Å²) >= 11 is 0. The lowest BCUT2D eigenvalue weighted by atomic mass is 9.90. The standard InChI is InChI=1S/C16H18O6/c17-5-11-9(1-3-15(21)13(11)7-19)10-2-4-16(22)14(8-20)12(10)6-18/h1-4,17-22H,5-8H2. The number of aliphatic hydroxyl groups is 4. The van der Waals surface area contributed by atoms with Crippen LogP contribution in [0.1, 0.15) is 22.3 Å². The molecule has 0 fully saturated rings. The summed E-state index contributed by atoms with van der Waals surface area (Å²) in [6.45, 7) is -1.73. The van der Waals surface area contributed by atoms with Crippen LogP contribution >= 0.6 is 0 Å². The maximum absolute atomic E-state index is 9.76. The molecule has 0 aliphatic carbocycles. The first-order chi connectivity index (χ1) is 10.6. The first kappa shape index (κ1) is 16.3. The Morgan fingerprint density at radius 3 is 1.09 bits per heavy atom. The van der Waals surface area contributed by atoms with Crippen molar-refractivity contribution < 1.29 is 30.6 Å². The van der Waals surface area contributed by atoms with Gasteiger partial charge >= 0.3 is 0 Å². The molecule has 0 atom stereocenters. The molecule has 0 amide bonds. The van der Waals surface area contributed by atoms with Crippen LogP contribution in [0.2, 0.25) is 0 Å². The molecule has 0 heterocycles. The van der Waals surface area contributed by atoms with E-state index in [1.807, 2.05) is 0 Å². The fourth-order valence-electron chi connectivity index (χ4n) is 2.58. The minimum atomic E-state index is -0.449. The molecule has 2 aromatic carbocycles. The number of benzene rings is 2. The number of rotatable bonds is 5. The molecule has 0 bridgehead atoms. The van der Waals surface area contributed by atoms with E-state index >= 15 is 0 Å². The van der Waals surface area contributed by atoms with E-state index < -0.39 is 26.4 Å². The summed E-state index contributed by atoms with van der Waals surface area (Å²) in [6, 6.07) is 5.86. The lowest BCUT2D eigenvalue weighted by Gasteiger charge is -2.18. The van der Waals surface area contributed by atoms with Crippen LogP contribution in [0.15, 0.2) is 24.3 Å². The van der Waals surface area contributed by atoms with E-state index in [-0.39, 0.29) is 22.6 Å². The highest BCUT2D eigenvalue weighted by Gasteiger charge is 2.18. The zero-order chi connectivity index (χ0) is 16.3. The smallest absolute Gasteiger partial charge is 0.121 e. The van der Waals surface area contributed by atoms with Gasteiger partial charge in [-0.15, -0.1) is 0 Å². The van der Waals surface area contributed by atoms with Crippen molar-refractivity contribution in [3.63, 3.8) is 0 Å². The molecule has 118 valence electrons. The molecule has 6 heteroatoms. The summed E-state index contributed by atoms with van der Waals surface area (Å²) in [6.07, 6.45) is 0. The molecule has 2 aromatic rings. The molecule has 0 aliphatic rings. The molecule has 0 aromatic heterocycles. The van der Waals surface area contributed by atoms with E-state index in [1.165, 1.54) is 12.1 Å². The average Bonchev–Trinajstić information content (AvgIpc) is 2.54. The fraction of sp³-hybridized carbons (Fsp3) is 0.250. The molecule has 0 radical (unpaired) electrons. The van der Waals surface area contributed by atoms with E-state index in [0.29, 0.717) is 22.3 Å². The van der Waals surface area contributed by atoms with Crippen LogP contribution in [0.3, 0.4) is 0 Å². The maximum atomic E-state index is 9.76. The highest BCUT2D eigenvalue weighted by atomic mass is 16.3. The highest BCUT2D eigenvalue weighted by molar-refractivity contribution is 5.75. The van der Waals surface area contributed by atoms with Crippen LogP contribution in [0, 0.1) is 0 Å². The Balaban J connectivity index is 2.77. The van der Waals surface area contributed by atoms with E-state index in [2.05, 4.69) is 0 Å². The molecule has 0 unspecified atom stereocenters. The molecule has 6 nitrogen and oxygen atoms in total. The third-order valence-electron chi connectivity index (χ3n) is 3.74. The normalized spacial score (nSPS) is 10.9. The van der Waals surface area contributed by atoms with Crippen LogP contribution in [0.5, 0.6) is 11.5 Å². The molecule has 2 rings (SSSR count). The van der Waals surface area contributed by atoms with Crippen molar-refractivity contribution >= 4 is 0 Å². The number of hydrogen-bond donors (Lipinski definition) is 6. The van der Waals surface area contributed by atoms with Crippen molar-refractivity contribution in [2.45, 2.75) is 26.4 Å². The molecular formula is C16H18O6. The summed E-state index contributed by atoms with van der Waals surface area (Å²) in [5.74, 6) is -0.274. The van der Waals surface area contributed by atoms with E-state index in [4.69, 9.17) is 0 Å². The molecule has 0 aliphatic heterocycles. The van der Waals surface area contributed by atoms with Gasteiger partial charge < -0.3 is 30.6 Å². The van der Waals surface area contributed by atoms with Gasteiger partial charge in [-0.1, -0.05) is 12.1 Å². The summed E-state index contributed by atoms with van der Waals surface area (Å²) in [5.41, 5.74) is 2.05. The summed E-state index contributed by atoms with van der Waals surface area (Å²) in [5, 5.41) is 57.4. The SMILES string of the molecule is OCc1c(O)ccc(-c2ccc(O)c(CO)c2CO)c1CO. The Morgan fingerprint density at radius 1 is 0.500 bits per heavy atom. The monoisotopic (exact) mass is 306 g/mol. The van der Waals surface area contributed by atoms with E-state index in [0.717, 1.165) is 0 Å². The van der Waals surface area contributed by atoms with Crippen molar-refractivity contribution in [3.8, 4) is 22.6 Å². The lowest BCUT2D eigenvalue weighted by Crippen LogP contribution is -2.03. The predicted molar refractivity (Wildman–Crippen MR) is 78.9 cm³/mol. The van der Waals surface area contributed by atoms with Gasteiger partial charge in [0.2, 0.25) is 0 Å². The Morgan fingerprint density at radius 2 is 0.818 bits per heavy atom. The molecule has 0 spiro atoms. The lowest BCUT2D eigenvalue weighted by molar-refractivity contribution is 0.254. The van der Waals surface area contributed by atoms with E-state index in [9.17, 15) is 30.6 Å². The van der Waals surface area contributed by atoms with Crippen LogP contribution in [-0.4, -0.2) is 30.6 Å².